The highest BCUT2D eigenvalue weighted by Crippen LogP contribution is 2.31. The smallest absolute Gasteiger partial charge is 0.326 e. The molecule has 2 amide bonds. The third-order valence-electron chi connectivity index (χ3n) is 4.70. The minimum Gasteiger partial charge on any atom is -0.326 e. The van der Waals surface area contributed by atoms with E-state index in [9.17, 15) is 35.9 Å². The Morgan fingerprint density at radius 3 is 1.95 bits per heavy atom. The fourth-order valence-corrected chi connectivity index (χ4v) is 3.86. The number of amides is 2. The molecule has 0 saturated heterocycles. The van der Waals surface area contributed by atoms with Gasteiger partial charge in [0.1, 0.15) is 5.82 Å². The van der Waals surface area contributed by atoms with Gasteiger partial charge in [0.25, 0.3) is 0 Å². The standard InChI is InChI=1S/C23H19F6N5O2S/c1-2-9-34-18(12-19(35)30-16-7-3-5-14(10-16)22(24,25)26)32-33-21(34)37-13-20(36)31-17-8-4-6-15(11-17)23(27,28)29/h2-8,10-11H,1,9,12-13H2,(H,30,35)(H,31,36). The molecule has 37 heavy (non-hydrogen) atoms. The van der Waals surface area contributed by atoms with E-state index in [1.54, 1.807) is 0 Å². The van der Waals surface area contributed by atoms with E-state index in [1.165, 1.54) is 28.8 Å². The van der Waals surface area contributed by atoms with Gasteiger partial charge in [-0.2, -0.15) is 26.3 Å². The van der Waals surface area contributed by atoms with Crippen LogP contribution >= 0.6 is 11.8 Å². The molecule has 0 saturated carbocycles. The Kier molecular flexibility index (Phi) is 8.63. The van der Waals surface area contributed by atoms with E-state index < -0.39 is 35.3 Å². The summed E-state index contributed by atoms with van der Waals surface area (Å²) in [4.78, 5) is 24.7. The molecule has 0 aliphatic heterocycles. The number of nitrogens with zero attached hydrogens (tertiary/aromatic N) is 3. The van der Waals surface area contributed by atoms with Gasteiger partial charge in [-0.05, 0) is 36.4 Å². The van der Waals surface area contributed by atoms with Crippen molar-refractivity contribution in [1.29, 1.82) is 0 Å². The zero-order valence-corrected chi connectivity index (χ0v) is 19.7. The van der Waals surface area contributed by atoms with Gasteiger partial charge in [0.05, 0.1) is 23.3 Å². The Labute approximate surface area is 211 Å². The van der Waals surface area contributed by atoms with Crippen LogP contribution in [0.2, 0.25) is 0 Å². The van der Waals surface area contributed by atoms with Crippen LogP contribution in [0.25, 0.3) is 0 Å². The third-order valence-corrected chi connectivity index (χ3v) is 5.67. The minimum atomic E-state index is -4.57. The molecule has 2 N–H and O–H groups in total. The molecule has 0 spiro atoms. The maximum absolute atomic E-state index is 12.9. The molecule has 1 heterocycles. The van der Waals surface area contributed by atoms with E-state index >= 15 is 0 Å². The Morgan fingerprint density at radius 1 is 0.892 bits per heavy atom. The number of rotatable bonds is 9. The molecule has 14 heteroatoms. The van der Waals surface area contributed by atoms with Gasteiger partial charge in [-0.1, -0.05) is 30.0 Å². The maximum atomic E-state index is 12.9. The normalized spacial score (nSPS) is 11.7. The summed E-state index contributed by atoms with van der Waals surface area (Å²) >= 11 is 0.931. The topological polar surface area (TPSA) is 88.9 Å². The van der Waals surface area contributed by atoms with Crippen LogP contribution < -0.4 is 10.6 Å². The average Bonchev–Trinajstić information content (AvgIpc) is 3.18. The molecule has 0 radical (unpaired) electrons. The summed E-state index contributed by atoms with van der Waals surface area (Å²) in [5.41, 5.74) is -1.89. The number of benzene rings is 2. The predicted octanol–water partition coefficient (Wildman–Crippen LogP) is 5.41. The third kappa shape index (κ3) is 7.84. The first-order chi connectivity index (χ1) is 17.4. The van der Waals surface area contributed by atoms with Crippen LogP contribution in [0.15, 0.2) is 66.3 Å². The van der Waals surface area contributed by atoms with Crippen molar-refractivity contribution in [3.63, 3.8) is 0 Å². The summed E-state index contributed by atoms with van der Waals surface area (Å²) in [6.45, 7) is 3.78. The van der Waals surface area contributed by atoms with Crippen molar-refractivity contribution in [3.05, 3.63) is 78.1 Å². The van der Waals surface area contributed by atoms with Crippen molar-refractivity contribution in [3.8, 4) is 0 Å². The average molecular weight is 543 g/mol. The van der Waals surface area contributed by atoms with Crippen molar-refractivity contribution in [2.24, 2.45) is 0 Å². The van der Waals surface area contributed by atoms with Gasteiger partial charge in [-0.15, -0.1) is 16.8 Å². The largest absolute Gasteiger partial charge is 0.416 e. The number of halogens is 6. The second-order valence-corrected chi connectivity index (χ2v) is 8.46. The van der Waals surface area contributed by atoms with E-state index in [4.69, 9.17) is 0 Å². The second kappa shape index (κ2) is 11.5. The number of carbonyl (C=O) groups is 2. The molecular formula is C23H19F6N5O2S. The fraction of sp³-hybridized carbons (Fsp3) is 0.217. The molecule has 3 aromatic rings. The number of carbonyl (C=O) groups excluding carboxylic acids is 2. The Bertz CT molecular complexity index is 1290. The van der Waals surface area contributed by atoms with Crippen molar-refractivity contribution in [2.75, 3.05) is 16.4 Å². The predicted molar refractivity (Wildman–Crippen MR) is 125 cm³/mol. The SMILES string of the molecule is C=CCn1c(CC(=O)Nc2cccc(C(F)(F)F)c2)nnc1SCC(=O)Nc1cccc(C(F)(F)F)c1. The van der Waals surface area contributed by atoms with Crippen LogP contribution in [0.3, 0.4) is 0 Å². The van der Waals surface area contributed by atoms with Gasteiger partial charge >= 0.3 is 12.4 Å². The summed E-state index contributed by atoms with van der Waals surface area (Å²) in [6, 6.07) is 8.34. The molecule has 0 bridgehead atoms. The van der Waals surface area contributed by atoms with E-state index in [2.05, 4.69) is 27.4 Å². The van der Waals surface area contributed by atoms with Crippen LogP contribution in [0.1, 0.15) is 17.0 Å². The maximum Gasteiger partial charge on any atom is 0.416 e. The Hall–Kier alpha value is -3.81. The van der Waals surface area contributed by atoms with Crippen LogP contribution in [-0.2, 0) is 34.9 Å². The van der Waals surface area contributed by atoms with Gasteiger partial charge < -0.3 is 15.2 Å². The Morgan fingerprint density at radius 2 is 1.43 bits per heavy atom. The first-order valence-electron chi connectivity index (χ1n) is 10.5. The molecule has 3 rings (SSSR count). The number of nitrogens with one attached hydrogen (secondary N) is 2. The van der Waals surface area contributed by atoms with Crippen LogP contribution in [-0.4, -0.2) is 32.3 Å². The monoisotopic (exact) mass is 543 g/mol. The quantitative estimate of drug-likeness (QED) is 0.214. The number of hydrogen-bond donors (Lipinski definition) is 2. The number of thioether (sulfide) groups is 1. The highest BCUT2D eigenvalue weighted by Gasteiger charge is 2.31. The zero-order chi connectivity index (χ0) is 27.2. The molecule has 0 atom stereocenters. The number of allylic oxidation sites excluding steroid dienone is 1. The lowest BCUT2D eigenvalue weighted by Crippen LogP contribution is -2.18. The molecule has 0 unspecified atom stereocenters. The minimum absolute atomic E-state index is 0.0278. The summed E-state index contributed by atoms with van der Waals surface area (Å²) < 4.78 is 78.7. The van der Waals surface area contributed by atoms with Gasteiger partial charge in [-0.25, -0.2) is 0 Å². The molecule has 0 fully saturated rings. The summed E-state index contributed by atoms with van der Waals surface area (Å²) in [6.07, 6.45) is -7.96. The van der Waals surface area contributed by atoms with E-state index in [0.29, 0.717) is 0 Å². The first-order valence-corrected chi connectivity index (χ1v) is 11.5. The van der Waals surface area contributed by atoms with Crippen LogP contribution in [0.5, 0.6) is 0 Å². The fourth-order valence-electron chi connectivity index (χ4n) is 3.09. The van der Waals surface area contributed by atoms with Crippen molar-refractivity contribution >= 4 is 35.0 Å². The zero-order valence-electron chi connectivity index (χ0n) is 18.9. The van der Waals surface area contributed by atoms with E-state index in [0.717, 1.165) is 42.1 Å². The van der Waals surface area contributed by atoms with Crippen molar-refractivity contribution in [1.82, 2.24) is 14.8 Å². The number of alkyl halides is 6. The highest BCUT2D eigenvalue weighted by molar-refractivity contribution is 7.99. The second-order valence-electron chi connectivity index (χ2n) is 7.52. The number of hydrogen-bond acceptors (Lipinski definition) is 5. The van der Waals surface area contributed by atoms with Gasteiger partial charge in [0.2, 0.25) is 11.8 Å². The molecule has 196 valence electrons. The van der Waals surface area contributed by atoms with Crippen LogP contribution in [0, 0.1) is 0 Å². The van der Waals surface area contributed by atoms with Gasteiger partial charge in [-0.3, -0.25) is 9.59 Å². The van der Waals surface area contributed by atoms with Crippen molar-refractivity contribution < 1.29 is 35.9 Å². The molecule has 1 aromatic heterocycles. The molecule has 7 nitrogen and oxygen atoms in total. The molecular weight excluding hydrogens is 524 g/mol. The first kappa shape index (κ1) is 27.8. The van der Waals surface area contributed by atoms with Crippen LogP contribution in [0.4, 0.5) is 37.7 Å². The Balaban J connectivity index is 1.63. The lowest BCUT2D eigenvalue weighted by molar-refractivity contribution is -0.138. The number of anilines is 2. The molecule has 0 aliphatic rings. The summed E-state index contributed by atoms with van der Waals surface area (Å²) in [5, 5.41) is 12.8. The van der Waals surface area contributed by atoms with E-state index in [1.807, 2.05) is 0 Å². The number of aromatic nitrogens is 3. The summed E-state index contributed by atoms with van der Waals surface area (Å²) in [5.74, 6) is -1.29. The van der Waals surface area contributed by atoms with Crippen molar-refractivity contribution in [2.45, 2.75) is 30.5 Å². The molecule has 0 aliphatic carbocycles. The van der Waals surface area contributed by atoms with Gasteiger partial charge in [0, 0.05) is 17.9 Å². The molecule has 2 aromatic carbocycles. The van der Waals surface area contributed by atoms with Gasteiger partial charge in [0.15, 0.2) is 5.16 Å². The summed E-state index contributed by atoms with van der Waals surface area (Å²) in [7, 11) is 0. The lowest BCUT2D eigenvalue weighted by Gasteiger charge is -2.11. The highest BCUT2D eigenvalue weighted by atomic mass is 32.2. The van der Waals surface area contributed by atoms with E-state index in [-0.39, 0.29) is 41.1 Å². The lowest BCUT2D eigenvalue weighted by atomic mass is 10.2.